The first kappa shape index (κ1) is 25.2. The maximum Gasteiger partial charge on any atom is 0.251 e. The van der Waals surface area contributed by atoms with Crippen molar-refractivity contribution in [3.8, 4) is 5.75 Å². The molecule has 12 heteroatoms. The number of rotatable bonds is 9. The number of methoxy groups -OCH3 is 1. The van der Waals surface area contributed by atoms with E-state index in [1.54, 1.807) is 31.4 Å². The SMILES string of the molecule is CCn1c(CNC(=O)c2ccc(OC)cc2)nnc1SCC(=O)Nc1cc(Cl)c(Cl)cc1Cl. The molecular formula is C21H20Cl3N5O3S. The first-order valence-corrected chi connectivity index (χ1v) is 11.9. The van der Waals surface area contributed by atoms with Crippen LogP contribution in [0.15, 0.2) is 41.6 Å². The quantitative estimate of drug-likeness (QED) is 0.302. The van der Waals surface area contributed by atoms with Gasteiger partial charge < -0.3 is 19.9 Å². The summed E-state index contributed by atoms with van der Waals surface area (Å²) in [5.74, 6) is 0.794. The highest BCUT2D eigenvalue weighted by atomic mass is 35.5. The third-order valence-electron chi connectivity index (χ3n) is 4.49. The van der Waals surface area contributed by atoms with Crippen molar-refractivity contribution < 1.29 is 14.3 Å². The maximum atomic E-state index is 12.4. The average Bonchev–Trinajstić information content (AvgIpc) is 3.21. The van der Waals surface area contributed by atoms with Crippen molar-refractivity contribution in [3.05, 3.63) is 62.9 Å². The number of nitrogens with zero attached hydrogens (tertiary/aromatic N) is 3. The summed E-state index contributed by atoms with van der Waals surface area (Å²) in [5, 5.41) is 15.3. The molecule has 0 spiro atoms. The predicted molar refractivity (Wildman–Crippen MR) is 131 cm³/mol. The van der Waals surface area contributed by atoms with Crippen molar-refractivity contribution in [2.45, 2.75) is 25.2 Å². The fourth-order valence-electron chi connectivity index (χ4n) is 2.81. The minimum atomic E-state index is -0.291. The number of anilines is 1. The van der Waals surface area contributed by atoms with E-state index >= 15 is 0 Å². The van der Waals surface area contributed by atoms with Gasteiger partial charge in [0.25, 0.3) is 5.91 Å². The topological polar surface area (TPSA) is 98.1 Å². The number of hydrogen-bond acceptors (Lipinski definition) is 6. The zero-order valence-corrected chi connectivity index (χ0v) is 20.8. The zero-order valence-electron chi connectivity index (χ0n) is 17.7. The van der Waals surface area contributed by atoms with Gasteiger partial charge in [0.1, 0.15) is 5.75 Å². The molecule has 8 nitrogen and oxygen atoms in total. The van der Waals surface area contributed by atoms with Gasteiger partial charge in [-0.05, 0) is 43.3 Å². The van der Waals surface area contributed by atoms with Crippen molar-refractivity contribution in [2.24, 2.45) is 0 Å². The lowest BCUT2D eigenvalue weighted by Gasteiger charge is -2.10. The predicted octanol–water partition coefficient (Wildman–Crippen LogP) is 4.93. The number of carbonyl (C=O) groups is 2. The first-order valence-electron chi connectivity index (χ1n) is 9.73. The highest BCUT2D eigenvalue weighted by molar-refractivity contribution is 7.99. The molecule has 0 aliphatic rings. The third-order valence-corrected chi connectivity index (χ3v) is 6.49. The molecule has 0 aliphatic carbocycles. The van der Waals surface area contributed by atoms with Crippen LogP contribution in [0.5, 0.6) is 5.75 Å². The van der Waals surface area contributed by atoms with Gasteiger partial charge in [-0.15, -0.1) is 10.2 Å². The number of amides is 2. The second kappa shape index (κ2) is 11.6. The number of carbonyl (C=O) groups excluding carboxylic acids is 2. The summed E-state index contributed by atoms with van der Waals surface area (Å²) in [5.41, 5.74) is 0.876. The second-order valence-electron chi connectivity index (χ2n) is 6.64. The standard InChI is InChI=1S/C21H20Cl3N5O3S/c1-3-29-18(10-25-20(31)12-4-6-13(32-2)7-5-12)27-28-21(29)33-11-19(30)26-17-9-15(23)14(22)8-16(17)24/h4-9H,3,10-11H2,1-2H3,(H,25,31)(H,26,30). The Hall–Kier alpha value is -2.46. The van der Waals surface area contributed by atoms with E-state index in [-0.39, 0.29) is 34.2 Å². The Bertz CT molecular complexity index is 1150. The Morgan fingerprint density at radius 2 is 1.76 bits per heavy atom. The number of aromatic nitrogens is 3. The van der Waals surface area contributed by atoms with Crippen LogP contribution in [0.2, 0.25) is 15.1 Å². The van der Waals surface area contributed by atoms with Gasteiger partial charge in [-0.25, -0.2) is 0 Å². The fraction of sp³-hybridized carbons (Fsp3) is 0.238. The zero-order chi connectivity index (χ0) is 24.0. The molecule has 0 radical (unpaired) electrons. The molecule has 3 rings (SSSR count). The Labute approximate surface area is 209 Å². The minimum absolute atomic E-state index is 0.0763. The highest BCUT2D eigenvalue weighted by Gasteiger charge is 2.16. The normalized spacial score (nSPS) is 10.7. The van der Waals surface area contributed by atoms with Gasteiger partial charge in [0.15, 0.2) is 11.0 Å². The Kier molecular flexibility index (Phi) is 8.85. The van der Waals surface area contributed by atoms with E-state index in [1.165, 1.54) is 23.9 Å². The van der Waals surface area contributed by atoms with Gasteiger partial charge in [-0.2, -0.15) is 0 Å². The summed E-state index contributed by atoms with van der Waals surface area (Å²) < 4.78 is 6.93. The average molecular weight is 529 g/mol. The molecule has 2 amide bonds. The Morgan fingerprint density at radius 1 is 1.06 bits per heavy atom. The van der Waals surface area contributed by atoms with Crippen molar-refractivity contribution in [1.82, 2.24) is 20.1 Å². The molecule has 174 valence electrons. The number of ether oxygens (including phenoxy) is 1. The van der Waals surface area contributed by atoms with Crippen LogP contribution in [-0.2, 0) is 17.9 Å². The van der Waals surface area contributed by atoms with E-state index in [0.29, 0.717) is 39.5 Å². The van der Waals surface area contributed by atoms with Crippen LogP contribution in [-0.4, -0.2) is 39.4 Å². The summed E-state index contributed by atoms with van der Waals surface area (Å²) in [6, 6.07) is 9.75. The van der Waals surface area contributed by atoms with Crippen LogP contribution < -0.4 is 15.4 Å². The van der Waals surface area contributed by atoms with E-state index in [9.17, 15) is 9.59 Å². The molecule has 2 aromatic carbocycles. The van der Waals surface area contributed by atoms with Crippen LogP contribution in [0, 0.1) is 0 Å². The maximum absolute atomic E-state index is 12.4. The molecule has 0 bridgehead atoms. The largest absolute Gasteiger partial charge is 0.497 e. The lowest BCUT2D eigenvalue weighted by Crippen LogP contribution is -2.24. The Morgan fingerprint density at radius 3 is 2.42 bits per heavy atom. The summed E-state index contributed by atoms with van der Waals surface area (Å²) >= 11 is 19.2. The van der Waals surface area contributed by atoms with Crippen LogP contribution in [0.4, 0.5) is 5.69 Å². The molecule has 0 aliphatic heterocycles. The van der Waals surface area contributed by atoms with Gasteiger partial charge in [0.2, 0.25) is 5.91 Å². The van der Waals surface area contributed by atoms with Crippen molar-refractivity contribution in [3.63, 3.8) is 0 Å². The number of halogens is 3. The van der Waals surface area contributed by atoms with Crippen molar-refractivity contribution in [1.29, 1.82) is 0 Å². The minimum Gasteiger partial charge on any atom is -0.497 e. The summed E-state index contributed by atoms with van der Waals surface area (Å²) in [7, 11) is 1.56. The monoisotopic (exact) mass is 527 g/mol. The van der Waals surface area contributed by atoms with E-state index in [4.69, 9.17) is 39.5 Å². The van der Waals surface area contributed by atoms with Gasteiger partial charge in [-0.1, -0.05) is 46.6 Å². The number of thioether (sulfide) groups is 1. The van der Waals surface area contributed by atoms with E-state index in [2.05, 4.69) is 20.8 Å². The van der Waals surface area contributed by atoms with Crippen molar-refractivity contribution in [2.75, 3.05) is 18.2 Å². The van der Waals surface area contributed by atoms with E-state index in [0.717, 1.165) is 0 Å². The molecule has 1 heterocycles. The first-order chi connectivity index (χ1) is 15.8. The molecular weight excluding hydrogens is 509 g/mol. The smallest absolute Gasteiger partial charge is 0.251 e. The molecule has 2 N–H and O–H groups in total. The molecule has 33 heavy (non-hydrogen) atoms. The van der Waals surface area contributed by atoms with Crippen LogP contribution in [0.25, 0.3) is 0 Å². The number of benzene rings is 2. The van der Waals surface area contributed by atoms with Crippen LogP contribution in [0.1, 0.15) is 23.1 Å². The third kappa shape index (κ3) is 6.54. The summed E-state index contributed by atoms with van der Waals surface area (Å²) in [6.07, 6.45) is 0. The van der Waals surface area contributed by atoms with Gasteiger partial charge in [0.05, 0.1) is 40.2 Å². The number of hydrogen-bond donors (Lipinski definition) is 2. The van der Waals surface area contributed by atoms with Gasteiger partial charge in [-0.3, -0.25) is 9.59 Å². The molecule has 0 unspecified atom stereocenters. The van der Waals surface area contributed by atoms with Gasteiger partial charge >= 0.3 is 0 Å². The van der Waals surface area contributed by atoms with Crippen LogP contribution in [0.3, 0.4) is 0 Å². The summed E-state index contributed by atoms with van der Waals surface area (Å²) in [4.78, 5) is 24.8. The number of nitrogens with one attached hydrogen (secondary N) is 2. The van der Waals surface area contributed by atoms with E-state index in [1.807, 2.05) is 11.5 Å². The molecule has 0 fully saturated rings. The summed E-state index contributed by atoms with van der Waals surface area (Å²) in [6.45, 7) is 2.69. The molecule has 0 saturated heterocycles. The van der Waals surface area contributed by atoms with Crippen LogP contribution >= 0.6 is 46.6 Å². The van der Waals surface area contributed by atoms with E-state index < -0.39 is 0 Å². The molecule has 3 aromatic rings. The molecule has 1 aromatic heterocycles. The van der Waals surface area contributed by atoms with Crippen molar-refractivity contribution >= 4 is 64.1 Å². The molecule has 0 atom stereocenters. The molecule has 0 saturated carbocycles. The Balaban J connectivity index is 1.58. The highest BCUT2D eigenvalue weighted by Crippen LogP contribution is 2.32. The fourth-order valence-corrected chi connectivity index (χ4v) is 4.23. The second-order valence-corrected chi connectivity index (χ2v) is 8.80. The van der Waals surface area contributed by atoms with Gasteiger partial charge in [0, 0.05) is 12.1 Å². The lowest BCUT2D eigenvalue weighted by molar-refractivity contribution is -0.113. The lowest BCUT2D eigenvalue weighted by atomic mass is 10.2.